The van der Waals surface area contributed by atoms with Crippen LogP contribution in [0.15, 0.2) is 47.2 Å². The molecule has 3 rings (SSSR count). The summed E-state index contributed by atoms with van der Waals surface area (Å²) >= 11 is 2.77. The fourth-order valence-electron chi connectivity index (χ4n) is 2.04. The van der Waals surface area contributed by atoms with Crippen LogP contribution in [0.2, 0.25) is 0 Å². The molecule has 0 spiro atoms. The maximum atomic E-state index is 12.1. The first kappa shape index (κ1) is 15.4. The highest BCUT2D eigenvalue weighted by Gasteiger charge is 2.14. The van der Waals surface area contributed by atoms with Gasteiger partial charge in [0.15, 0.2) is 0 Å². The van der Waals surface area contributed by atoms with Gasteiger partial charge in [-0.05, 0) is 11.4 Å². The number of thiazole rings is 1. The summed E-state index contributed by atoms with van der Waals surface area (Å²) in [6.45, 7) is 0. The van der Waals surface area contributed by atoms with E-state index >= 15 is 0 Å². The molecule has 2 heterocycles. The zero-order valence-electron chi connectivity index (χ0n) is 12.0. The van der Waals surface area contributed by atoms with Crippen molar-refractivity contribution in [1.82, 2.24) is 4.98 Å². The summed E-state index contributed by atoms with van der Waals surface area (Å²) in [7, 11) is 0. The number of aromatic nitrogens is 1. The minimum absolute atomic E-state index is 0.152. The number of anilines is 1. The predicted octanol–water partition coefficient (Wildman–Crippen LogP) is 3.15. The molecule has 116 valence electrons. The third-order valence-corrected chi connectivity index (χ3v) is 4.87. The molecule has 5 nitrogen and oxygen atoms in total. The first-order valence-electron chi connectivity index (χ1n) is 6.80. The second-order valence-corrected chi connectivity index (χ2v) is 6.54. The number of nitrogens with zero attached hydrogens (tertiary/aromatic N) is 1. The van der Waals surface area contributed by atoms with Gasteiger partial charge in [0.25, 0.3) is 5.91 Å². The summed E-state index contributed by atoms with van der Waals surface area (Å²) in [5.74, 6) is -0.776. The molecule has 7 heteroatoms. The van der Waals surface area contributed by atoms with Crippen LogP contribution in [0.25, 0.3) is 10.6 Å². The fourth-order valence-corrected chi connectivity index (χ4v) is 3.67. The number of hydrogen-bond acceptors (Lipinski definition) is 5. The Balaban J connectivity index is 1.68. The molecule has 0 radical (unpaired) electrons. The molecule has 0 atom stereocenters. The van der Waals surface area contributed by atoms with E-state index in [0.29, 0.717) is 16.3 Å². The molecule has 2 aromatic heterocycles. The SMILES string of the molecule is NC(=O)c1ccsc1NC(=O)Cc1csc(-c2ccccc2)n1. The molecular weight excluding hydrogens is 330 g/mol. The number of nitrogens with two attached hydrogens (primary N) is 1. The number of nitrogens with one attached hydrogen (secondary N) is 1. The van der Waals surface area contributed by atoms with Crippen molar-refractivity contribution in [2.45, 2.75) is 6.42 Å². The lowest BCUT2D eigenvalue weighted by Crippen LogP contribution is -2.18. The number of carbonyl (C=O) groups excluding carboxylic acids is 2. The van der Waals surface area contributed by atoms with Crippen LogP contribution in [0, 0.1) is 0 Å². The van der Waals surface area contributed by atoms with Crippen LogP contribution in [-0.4, -0.2) is 16.8 Å². The molecule has 3 N–H and O–H groups in total. The number of benzene rings is 1. The van der Waals surface area contributed by atoms with Crippen molar-refractivity contribution in [3.63, 3.8) is 0 Å². The van der Waals surface area contributed by atoms with E-state index < -0.39 is 5.91 Å². The smallest absolute Gasteiger partial charge is 0.251 e. The van der Waals surface area contributed by atoms with E-state index in [-0.39, 0.29) is 12.3 Å². The summed E-state index contributed by atoms with van der Waals surface area (Å²) in [6.07, 6.45) is 0.152. The summed E-state index contributed by atoms with van der Waals surface area (Å²) in [5.41, 5.74) is 7.31. The normalized spacial score (nSPS) is 10.4. The number of thiophene rings is 1. The highest BCUT2D eigenvalue weighted by molar-refractivity contribution is 7.14. The fraction of sp³-hybridized carbons (Fsp3) is 0.0625. The molecule has 0 saturated carbocycles. The van der Waals surface area contributed by atoms with Crippen LogP contribution < -0.4 is 11.1 Å². The summed E-state index contributed by atoms with van der Waals surface area (Å²) < 4.78 is 0. The lowest BCUT2D eigenvalue weighted by atomic mass is 10.2. The van der Waals surface area contributed by atoms with Crippen molar-refractivity contribution in [2.24, 2.45) is 5.73 Å². The maximum absolute atomic E-state index is 12.1. The van der Waals surface area contributed by atoms with E-state index in [0.717, 1.165) is 10.6 Å². The van der Waals surface area contributed by atoms with Gasteiger partial charge in [0, 0.05) is 10.9 Å². The van der Waals surface area contributed by atoms with Crippen molar-refractivity contribution in [3.8, 4) is 10.6 Å². The summed E-state index contributed by atoms with van der Waals surface area (Å²) in [4.78, 5) is 27.8. The topological polar surface area (TPSA) is 85.1 Å². The molecule has 2 amide bonds. The monoisotopic (exact) mass is 343 g/mol. The van der Waals surface area contributed by atoms with Gasteiger partial charge in [-0.25, -0.2) is 4.98 Å². The van der Waals surface area contributed by atoms with Crippen LogP contribution in [0.3, 0.4) is 0 Å². The van der Waals surface area contributed by atoms with Gasteiger partial charge in [-0.3, -0.25) is 9.59 Å². The van der Waals surface area contributed by atoms with Crippen molar-refractivity contribution >= 4 is 39.5 Å². The first-order valence-corrected chi connectivity index (χ1v) is 8.56. The van der Waals surface area contributed by atoms with Crippen LogP contribution in [-0.2, 0) is 11.2 Å². The van der Waals surface area contributed by atoms with Crippen LogP contribution in [0.1, 0.15) is 16.1 Å². The number of carbonyl (C=O) groups is 2. The second kappa shape index (κ2) is 6.72. The Labute approximate surface area is 140 Å². The molecule has 0 saturated heterocycles. The lowest BCUT2D eigenvalue weighted by molar-refractivity contribution is -0.115. The minimum Gasteiger partial charge on any atom is -0.366 e. The van der Waals surface area contributed by atoms with Crippen LogP contribution >= 0.6 is 22.7 Å². The van der Waals surface area contributed by atoms with Crippen molar-refractivity contribution < 1.29 is 9.59 Å². The quantitative estimate of drug-likeness (QED) is 0.746. The van der Waals surface area contributed by atoms with E-state index in [4.69, 9.17) is 5.73 Å². The standard InChI is InChI=1S/C16H13N3O2S2/c17-14(21)12-6-7-22-16(12)19-13(20)8-11-9-23-15(18-11)10-4-2-1-3-5-10/h1-7,9H,8H2,(H2,17,21)(H,19,20). The molecule has 1 aromatic carbocycles. The van der Waals surface area contributed by atoms with Gasteiger partial charge in [0.05, 0.1) is 17.7 Å². The highest BCUT2D eigenvalue weighted by Crippen LogP contribution is 2.25. The van der Waals surface area contributed by atoms with Crippen LogP contribution in [0.5, 0.6) is 0 Å². The third-order valence-electron chi connectivity index (χ3n) is 3.10. The zero-order chi connectivity index (χ0) is 16.2. The van der Waals surface area contributed by atoms with Gasteiger partial charge in [-0.15, -0.1) is 22.7 Å². The Morgan fingerprint density at radius 2 is 1.91 bits per heavy atom. The molecule has 0 unspecified atom stereocenters. The Kier molecular flexibility index (Phi) is 4.50. The van der Waals surface area contributed by atoms with E-state index in [2.05, 4.69) is 10.3 Å². The number of hydrogen-bond donors (Lipinski definition) is 2. The molecule has 0 fully saturated rings. The van der Waals surface area contributed by atoms with Crippen LogP contribution in [0.4, 0.5) is 5.00 Å². The summed E-state index contributed by atoms with van der Waals surface area (Å²) in [6, 6.07) is 11.4. The van der Waals surface area contributed by atoms with Crippen molar-refractivity contribution in [3.05, 3.63) is 58.4 Å². The van der Waals surface area contributed by atoms with E-state index in [1.54, 1.807) is 11.4 Å². The minimum atomic E-state index is -0.554. The molecule has 0 bridgehead atoms. The largest absolute Gasteiger partial charge is 0.366 e. The lowest BCUT2D eigenvalue weighted by Gasteiger charge is -2.03. The van der Waals surface area contributed by atoms with Crippen molar-refractivity contribution in [2.75, 3.05) is 5.32 Å². The number of rotatable bonds is 5. The van der Waals surface area contributed by atoms with Gasteiger partial charge in [-0.2, -0.15) is 0 Å². The van der Waals surface area contributed by atoms with Gasteiger partial charge >= 0.3 is 0 Å². The molecule has 3 aromatic rings. The van der Waals surface area contributed by atoms with E-state index in [9.17, 15) is 9.59 Å². The van der Waals surface area contributed by atoms with E-state index in [1.807, 2.05) is 35.7 Å². The Hall–Kier alpha value is -2.51. The maximum Gasteiger partial charge on any atom is 0.251 e. The molecule has 23 heavy (non-hydrogen) atoms. The zero-order valence-corrected chi connectivity index (χ0v) is 13.6. The van der Waals surface area contributed by atoms with Gasteiger partial charge in [-0.1, -0.05) is 30.3 Å². The number of amides is 2. The Bertz CT molecular complexity index is 840. The molecule has 0 aliphatic rings. The van der Waals surface area contributed by atoms with Gasteiger partial charge in [0.2, 0.25) is 5.91 Å². The predicted molar refractivity (Wildman–Crippen MR) is 92.7 cm³/mol. The van der Waals surface area contributed by atoms with Gasteiger partial charge in [0.1, 0.15) is 10.0 Å². The second-order valence-electron chi connectivity index (χ2n) is 4.76. The first-order chi connectivity index (χ1) is 11.1. The van der Waals surface area contributed by atoms with Gasteiger partial charge < -0.3 is 11.1 Å². The third kappa shape index (κ3) is 3.64. The molecular formula is C16H13N3O2S2. The summed E-state index contributed by atoms with van der Waals surface area (Å²) in [5, 5.41) is 7.64. The van der Waals surface area contributed by atoms with E-state index in [1.165, 1.54) is 22.7 Å². The average Bonchev–Trinajstić information content (AvgIpc) is 3.17. The van der Waals surface area contributed by atoms with Crippen molar-refractivity contribution in [1.29, 1.82) is 0 Å². The highest BCUT2D eigenvalue weighted by atomic mass is 32.1. The number of primary amides is 1. The Morgan fingerprint density at radius 1 is 1.13 bits per heavy atom. The molecule has 0 aliphatic heterocycles. The Morgan fingerprint density at radius 3 is 2.65 bits per heavy atom. The average molecular weight is 343 g/mol. The molecule has 0 aliphatic carbocycles.